The van der Waals surface area contributed by atoms with E-state index in [9.17, 15) is 13.2 Å². The summed E-state index contributed by atoms with van der Waals surface area (Å²) in [6.07, 6.45) is 0.605. The summed E-state index contributed by atoms with van der Waals surface area (Å²) in [5.41, 5.74) is 5.00. The highest BCUT2D eigenvalue weighted by atomic mass is 79.9. The van der Waals surface area contributed by atoms with Crippen LogP contribution in [0.25, 0.3) is 0 Å². The van der Waals surface area contributed by atoms with Gasteiger partial charge in [-0.05, 0) is 36.2 Å². The molecule has 0 fully saturated rings. The number of aryl methyl sites for hydroxylation is 1. The van der Waals surface area contributed by atoms with Gasteiger partial charge in [-0.15, -0.1) is 0 Å². The highest BCUT2D eigenvalue weighted by Gasteiger charge is 2.16. The van der Waals surface area contributed by atoms with E-state index in [1.54, 1.807) is 12.1 Å². The molecule has 28 heavy (non-hydrogen) atoms. The average Bonchev–Trinajstić information content (AvgIpc) is 2.96. The van der Waals surface area contributed by atoms with Crippen LogP contribution < -0.4 is 5.14 Å². The lowest BCUT2D eigenvalue weighted by Gasteiger charge is -2.10. The van der Waals surface area contributed by atoms with Crippen molar-refractivity contribution in [2.75, 3.05) is 0 Å². The van der Waals surface area contributed by atoms with Gasteiger partial charge >= 0.3 is 0 Å². The van der Waals surface area contributed by atoms with Crippen LogP contribution in [0.4, 0.5) is 0 Å². The number of carbonyl (C=O) groups is 1. The standard InChI is InChI=1S/C21H21BrN2O3S/c1-14-3-6-16(7-4-14)21(25)20-10-9-18(24(20)2)12-17-8-5-15(11-19(17)22)13-28(23,26)27/h3-11H,12-13H2,1-2H3,(H2,23,26,27). The molecule has 0 aliphatic carbocycles. The van der Waals surface area contributed by atoms with E-state index in [4.69, 9.17) is 5.14 Å². The van der Waals surface area contributed by atoms with E-state index in [0.29, 0.717) is 23.2 Å². The van der Waals surface area contributed by atoms with Crippen LogP contribution in [0.3, 0.4) is 0 Å². The third kappa shape index (κ3) is 4.79. The first kappa shape index (κ1) is 20.5. The van der Waals surface area contributed by atoms with E-state index >= 15 is 0 Å². The lowest BCUT2D eigenvalue weighted by Crippen LogP contribution is -2.14. The monoisotopic (exact) mass is 460 g/mol. The summed E-state index contributed by atoms with van der Waals surface area (Å²) in [5.74, 6) is -0.220. The van der Waals surface area contributed by atoms with Crippen LogP contribution in [0.1, 0.15) is 38.4 Å². The van der Waals surface area contributed by atoms with Crippen molar-refractivity contribution in [2.45, 2.75) is 19.1 Å². The second kappa shape index (κ2) is 8.03. The van der Waals surface area contributed by atoms with Gasteiger partial charge in [0.2, 0.25) is 15.8 Å². The molecule has 0 bridgehead atoms. The number of nitrogens with zero attached hydrogens (tertiary/aromatic N) is 1. The van der Waals surface area contributed by atoms with Crippen molar-refractivity contribution in [3.8, 4) is 0 Å². The second-order valence-corrected chi connectivity index (χ2v) is 9.34. The summed E-state index contributed by atoms with van der Waals surface area (Å²) in [6.45, 7) is 1.99. The summed E-state index contributed by atoms with van der Waals surface area (Å²) in [7, 11) is -1.70. The predicted molar refractivity (Wildman–Crippen MR) is 114 cm³/mol. The smallest absolute Gasteiger partial charge is 0.213 e. The Balaban J connectivity index is 1.83. The lowest BCUT2D eigenvalue weighted by atomic mass is 10.1. The summed E-state index contributed by atoms with van der Waals surface area (Å²) in [4.78, 5) is 12.8. The van der Waals surface area contributed by atoms with Gasteiger partial charge in [0, 0.05) is 29.2 Å². The van der Waals surface area contributed by atoms with Crippen molar-refractivity contribution in [1.82, 2.24) is 4.57 Å². The number of hydrogen-bond donors (Lipinski definition) is 1. The van der Waals surface area contributed by atoms with Crippen LogP contribution in [0, 0.1) is 6.92 Å². The molecule has 0 aliphatic heterocycles. The summed E-state index contributed by atoms with van der Waals surface area (Å²) >= 11 is 3.50. The molecule has 0 atom stereocenters. The number of carbonyl (C=O) groups excluding carboxylic acids is 1. The fourth-order valence-electron chi connectivity index (χ4n) is 3.06. The molecule has 1 aromatic heterocycles. The highest BCUT2D eigenvalue weighted by molar-refractivity contribution is 9.10. The largest absolute Gasteiger partial charge is 0.345 e. The minimum Gasteiger partial charge on any atom is -0.345 e. The number of hydrogen-bond acceptors (Lipinski definition) is 3. The van der Waals surface area contributed by atoms with Gasteiger partial charge in [0.1, 0.15) is 0 Å². The van der Waals surface area contributed by atoms with E-state index in [2.05, 4.69) is 15.9 Å². The topological polar surface area (TPSA) is 82.2 Å². The van der Waals surface area contributed by atoms with Crippen LogP contribution in [0.5, 0.6) is 0 Å². The van der Waals surface area contributed by atoms with Gasteiger partial charge in [-0.25, -0.2) is 13.6 Å². The average molecular weight is 461 g/mol. The van der Waals surface area contributed by atoms with Gasteiger partial charge in [-0.3, -0.25) is 4.79 Å². The van der Waals surface area contributed by atoms with Gasteiger partial charge in [0.15, 0.2) is 0 Å². The maximum Gasteiger partial charge on any atom is 0.213 e. The fraction of sp³-hybridized carbons (Fsp3) is 0.190. The quantitative estimate of drug-likeness (QED) is 0.569. The van der Waals surface area contributed by atoms with Crippen molar-refractivity contribution < 1.29 is 13.2 Å². The van der Waals surface area contributed by atoms with Crippen LogP contribution in [0.15, 0.2) is 59.1 Å². The Bertz CT molecular complexity index is 1130. The van der Waals surface area contributed by atoms with E-state index in [-0.39, 0.29) is 11.5 Å². The minimum absolute atomic E-state index is 0.0173. The third-order valence-corrected chi connectivity index (χ3v) is 6.10. The zero-order chi connectivity index (χ0) is 20.5. The molecule has 7 heteroatoms. The number of benzene rings is 2. The number of rotatable bonds is 6. The van der Waals surface area contributed by atoms with E-state index < -0.39 is 10.0 Å². The van der Waals surface area contributed by atoms with Gasteiger partial charge in [-0.1, -0.05) is 57.9 Å². The van der Waals surface area contributed by atoms with E-state index in [1.807, 2.05) is 61.0 Å². The molecule has 3 rings (SSSR count). The van der Waals surface area contributed by atoms with Crippen LogP contribution in [0.2, 0.25) is 0 Å². The van der Waals surface area contributed by atoms with Crippen LogP contribution in [-0.2, 0) is 29.2 Å². The first-order valence-corrected chi connectivity index (χ1v) is 11.2. The molecule has 146 valence electrons. The van der Waals surface area contributed by atoms with E-state index in [0.717, 1.165) is 21.3 Å². The summed E-state index contributed by atoms with van der Waals surface area (Å²) in [5, 5.41) is 5.11. The van der Waals surface area contributed by atoms with Crippen molar-refractivity contribution in [1.29, 1.82) is 0 Å². The van der Waals surface area contributed by atoms with Gasteiger partial charge in [0.25, 0.3) is 0 Å². The Morgan fingerprint density at radius 3 is 2.36 bits per heavy atom. The molecule has 0 aliphatic rings. The zero-order valence-corrected chi connectivity index (χ0v) is 18.0. The Hall–Kier alpha value is -2.22. The number of primary sulfonamides is 1. The maximum absolute atomic E-state index is 12.8. The SMILES string of the molecule is Cc1ccc(C(=O)c2ccc(Cc3ccc(CS(N)(=O)=O)cc3Br)n2C)cc1. The van der Waals surface area contributed by atoms with Gasteiger partial charge in [-0.2, -0.15) is 0 Å². The molecule has 0 saturated heterocycles. The highest BCUT2D eigenvalue weighted by Crippen LogP contribution is 2.24. The van der Waals surface area contributed by atoms with Crippen LogP contribution in [-0.4, -0.2) is 18.8 Å². The number of nitrogens with two attached hydrogens (primary N) is 1. The molecule has 0 spiro atoms. The third-order valence-electron chi connectivity index (χ3n) is 4.63. The number of ketones is 1. The molecule has 3 aromatic rings. The number of aromatic nitrogens is 1. The van der Waals surface area contributed by atoms with Gasteiger partial charge in [0.05, 0.1) is 11.4 Å². The first-order chi connectivity index (χ1) is 13.1. The Kier molecular flexibility index (Phi) is 5.88. The minimum atomic E-state index is -3.57. The molecule has 1 heterocycles. The first-order valence-electron chi connectivity index (χ1n) is 8.68. The number of sulfonamides is 1. The molecular formula is C21H21BrN2O3S. The van der Waals surface area contributed by atoms with Gasteiger partial charge < -0.3 is 4.57 Å². The molecule has 2 N–H and O–H groups in total. The molecule has 0 unspecified atom stereocenters. The van der Waals surface area contributed by atoms with Crippen molar-refractivity contribution in [3.05, 3.63) is 92.7 Å². The second-order valence-electron chi connectivity index (χ2n) is 6.87. The summed E-state index contributed by atoms with van der Waals surface area (Å²) < 4.78 is 25.2. The maximum atomic E-state index is 12.8. The molecule has 5 nitrogen and oxygen atoms in total. The van der Waals surface area contributed by atoms with E-state index in [1.165, 1.54) is 0 Å². The van der Waals surface area contributed by atoms with Crippen LogP contribution >= 0.6 is 15.9 Å². The Morgan fingerprint density at radius 2 is 1.75 bits per heavy atom. The molecule has 0 saturated carbocycles. The lowest BCUT2D eigenvalue weighted by molar-refractivity contribution is 0.103. The molecule has 2 aromatic carbocycles. The molecule has 0 amide bonds. The normalized spacial score (nSPS) is 11.6. The number of halogens is 1. The fourth-order valence-corrected chi connectivity index (χ4v) is 4.27. The van der Waals surface area contributed by atoms with Crippen molar-refractivity contribution in [2.24, 2.45) is 12.2 Å². The molecule has 0 radical (unpaired) electrons. The van der Waals surface area contributed by atoms with Crippen molar-refractivity contribution >= 4 is 31.7 Å². The summed E-state index contributed by atoms with van der Waals surface area (Å²) in [6, 6.07) is 16.7. The molecular weight excluding hydrogens is 440 g/mol. The van der Waals surface area contributed by atoms with Crippen molar-refractivity contribution in [3.63, 3.8) is 0 Å². The Morgan fingerprint density at radius 1 is 1.07 bits per heavy atom. The Labute approximate surface area is 173 Å². The predicted octanol–water partition coefficient (Wildman–Crippen LogP) is 3.71. The zero-order valence-electron chi connectivity index (χ0n) is 15.6.